The lowest BCUT2D eigenvalue weighted by Gasteiger charge is -2.32. The first-order chi connectivity index (χ1) is 12.1. The zero-order valence-electron chi connectivity index (χ0n) is 13.4. The SMILES string of the molecule is O=C(c1cc(Cl)[nH]n1)N(Cc1cccc2[nH]c(=O)sc12)CC1CCC1. The van der Waals surface area contributed by atoms with Gasteiger partial charge in [0.1, 0.15) is 5.15 Å². The molecule has 0 saturated heterocycles. The van der Waals surface area contributed by atoms with Crippen LogP contribution in [-0.4, -0.2) is 32.5 Å². The van der Waals surface area contributed by atoms with Gasteiger partial charge in [-0.1, -0.05) is 41.5 Å². The molecule has 4 rings (SSSR count). The van der Waals surface area contributed by atoms with Crippen LogP contribution in [0.5, 0.6) is 0 Å². The van der Waals surface area contributed by atoms with Crippen LogP contribution in [-0.2, 0) is 6.54 Å². The Hall–Kier alpha value is -2.12. The van der Waals surface area contributed by atoms with Crippen molar-refractivity contribution in [1.29, 1.82) is 0 Å². The smallest absolute Gasteiger partial charge is 0.305 e. The normalized spacial score (nSPS) is 14.6. The number of carbonyl (C=O) groups is 1. The van der Waals surface area contributed by atoms with Crippen molar-refractivity contribution < 1.29 is 4.79 Å². The molecule has 0 spiro atoms. The number of hydrogen-bond acceptors (Lipinski definition) is 4. The molecular formula is C17H17ClN4O2S. The highest BCUT2D eigenvalue weighted by atomic mass is 35.5. The van der Waals surface area contributed by atoms with Crippen LogP contribution in [0.25, 0.3) is 10.2 Å². The molecule has 0 atom stereocenters. The standard InChI is InChI=1S/C17H17ClN4O2S/c18-14-7-13(20-21-14)16(23)22(8-10-3-1-4-10)9-11-5-2-6-12-15(11)25-17(24)19-12/h2,5-7,10H,1,3-4,8-9H2,(H,19,24)(H,20,21). The van der Waals surface area contributed by atoms with Crippen molar-refractivity contribution in [3.8, 4) is 0 Å². The van der Waals surface area contributed by atoms with E-state index in [0.717, 1.165) is 28.6 Å². The van der Waals surface area contributed by atoms with Gasteiger partial charge in [0.25, 0.3) is 5.91 Å². The van der Waals surface area contributed by atoms with E-state index < -0.39 is 0 Å². The third-order valence-corrected chi connectivity index (χ3v) is 5.81. The molecule has 1 fully saturated rings. The van der Waals surface area contributed by atoms with Crippen molar-refractivity contribution in [2.24, 2.45) is 5.92 Å². The maximum absolute atomic E-state index is 12.9. The van der Waals surface area contributed by atoms with Crippen molar-refractivity contribution in [2.45, 2.75) is 25.8 Å². The summed E-state index contributed by atoms with van der Waals surface area (Å²) in [6.07, 6.45) is 3.51. The fourth-order valence-corrected chi connectivity index (χ4v) is 4.12. The summed E-state index contributed by atoms with van der Waals surface area (Å²) in [5.74, 6) is 0.387. The predicted molar refractivity (Wildman–Crippen MR) is 98.1 cm³/mol. The quantitative estimate of drug-likeness (QED) is 0.715. The van der Waals surface area contributed by atoms with Crippen LogP contribution < -0.4 is 4.87 Å². The van der Waals surface area contributed by atoms with Crippen LogP contribution in [0.15, 0.2) is 29.1 Å². The molecule has 0 unspecified atom stereocenters. The van der Waals surface area contributed by atoms with Crippen LogP contribution in [0.4, 0.5) is 0 Å². The largest absolute Gasteiger partial charge is 0.333 e. The molecule has 2 N–H and O–H groups in total. The second-order valence-electron chi connectivity index (χ2n) is 6.39. The summed E-state index contributed by atoms with van der Waals surface area (Å²) >= 11 is 7.05. The average Bonchev–Trinajstić information content (AvgIpc) is 3.14. The molecule has 130 valence electrons. The number of H-pyrrole nitrogens is 2. The Bertz CT molecular complexity index is 972. The Morgan fingerprint density at radius 1 is 1.40 bits per heavy atom. The number of thiazole rings is 1. The van der Waals surface area contributed by atoms with Gasteiger partial charge in [0.2, 0.25) is 0 Å². The summed E-state index contributed by atoms with van der Waals surface area (Å²) in [4.78, 5) is 29.1. The minimum absolute atomic E-state index is 0.0848. The summed E-state index contributed by atoms with van der Waals surface area (Å²) < 4.78 is 0.902. The van der Waals surface area contributed by atoms with E-state index in [9.17, 15) is 9.59 Å². The van der Waals surface area contributed by atoms with Gasteiger partial charge in [-0.3, -0.25) is 14.7 Å². The van der Waals surface area contributed by atoms with Gasteiger partial charge in [0.15, 0.2) is 5.69 Å². The summed E-state index contributed by atoms with van der Waals surface area (Å²) in [7, 11) is 0. The van der Waals surface area contributed by atoms with Crippen molar-refractivity contribution in [2.75, 3.05) is 6.54 Å². The minimum atomic E-state index is -0.144. The first kappa shape index (κ1) is 16.4. The first-order valence-corrected chi connectivity index (χ1v) is 9.40. The highest BCUT2D eigenvalue weighted by Gasteiger charge is 2.26. The maximum atomic E-state index is 12.9. The molecule has 1 aromatic carbocycles. The Labute approximate surface area is 152 Å². The minimum Gasteiger partial charge on any atom is -0.333 e. The molecule has 1 amide bonds. The van der Waals surface area contributed by atoms with Gasteiger partial charge in [0.05, 0.1) is 10.2 Å². The molecule has 8 heteroatoms. The monoisotopic (exact) mass is 376 g/mol. The number of aromatic nitrogens is 3. The van der Waals surface area contributed by atoms with Crippen molar-refractivity contribution in [3.63, 3.8) is 0 Å². The third-order valence-electron chi connectivity index (χ3n) is 4.65. The fourth-order valence-electron chi connectivity index (χ4n) is 3.14. The zero-order chi connectivity index (χ0) is 17.4. The zero-order valence-corrected chi connectivity index (χ0v) is 15.0. The van der Waals surface area contributed by atoms with E-state index in [1.165, 1.54) is 17.8 Å². The van der Waals surface area contributed by atoms with Crippen LogP contribution in [0.1, 0.15) is 35.3 Å². The lowest BCUT2D eigenvalue weighted by Crippen LogP contribution is -2.37. The van der Waals surface area contributed by atoms with E-state index in [2.05, 4.69) is 15.2 Å². The van der Waals surface area contributed by atoms with E-state index in [4.69, 9.17) is 11.6 Å². The highest BCUT2D eigenvalue weighted by molar-refractivity contribution is 7.16. The summed E-state index contributed by atoms with van der Waals surface area (Å²) in [5, 5.41) is 6.95. The lowest BCUT2D eigenvalue weighted by molar-refractivity contribution is 0.0674. The van der Waals surface area contributed by atoms with Crippen LogP contribution in [0.2, 0.25) is 5.15 Å². The topological polar surface area (TPSA) is 81.8 Å². The molecule has 0 radical (unpaired) electrons. The van der Waals surface area contributed by atoms with Crippen LogP contribution >= 0.6 is 22.9 Å². The molecule has 6 nitrogen and oxygen atoms in total. The van der Waals surface area contributed by atoms with Gasteiger partial charge in [-0.2, -0.15) is 5.10 Å². The van der Waals surface area contributed by atoms with Crippen LogP contribution in [0, 0.1) is 5.92 Å². The number of fused-ring (bicyclic) bond motifs is 1. The summed E-state index contributed by atoms with van der Waals surface area (Å²) in [5.41, 5.74) is 2.10. The number of carbonyl (C=O) groups excluding carboxylic acids is 1. The van der Waals surface area contributed by atoms with Gasteiger partial charge < -0.3 is 9.88 Å². The van der Waals surface area contributed by atoms with E-state index in [1.807, 2.05) is 23.1 Å². The van der Waals surface area contributed by atoms with E-state index in [0.29, 0.717) is 29.9 Å². The van der Waals surface area contributed by atoms with E-state index in [-0.39, 0.29) is 10.8 Å². The lowest BCUT2D eigenvalue weighted by atomic mass is 9.85. The third kappa shape index (κ3) is 3.34. The number of hydrogen-bond donors (Lipinski definition) is 2. The number of nitrogens with one attached hydrogen (secondary N) is 2. The molecular weight excluding hydrogens is 360 g/mol. The van der Waals surface area contributed by atoms with Gasteiger partial charge >= 0.3 is 4.87 Å². The van der Waals surface area contributed by atoms with E-state index in [1.54, 1.807) is 6.07 Å². The molecule has 1 aliphatic carbocycles. The number of benzene rings is 1. The number of aromatic amines is 2. The van der Waals surface area contributed by atoms with Crippen molar-refractivity contribution >= 4 is 39.1 Å². The number of amides is 1. The predicted octanol–water partition coefficient (Wildman–Crippen LogP) is 3.41. The number of rotatable bonds is 5. The molecule has 3 aromatic rings. The summed E-state index contributed by atoms with van der Waals surface area (Å²) in [6, 6.07) is 7.29. The Morgan fingerprint density at radius 3 is 2.92 bits per heavy atom. The Balaban J connectivity index is 1.65. The second-order valence-corrected chi connectivity index (χ2v) is 7.78. The second kappa shape index (κ2) is 6.65. The molecule has 0 aliphatic heterocycles. The molecule has 1 saturated carbocycles. The highest BCUT2D eigenvalue weighted by Crippen LogP contribution is 2.29. The van der Waals surface area contributed by atoms with Crippen molar-refractivity contribution in [1.82, 2.24) is 20.1 Å². The van der Waals surface area contributed by atoms with Crippen LogP contribution in [0.3, 0.4) is 0 Å². The number of halogens is 1. The number of nitrogens with zero attached hydrogens (tertiary/aromatic N) is 2. The van der Waals surface area contributed by atoms with Gasteiger partial charge in [-0.25, -0.2) is 0 Å². The van der Waals surface area contributed by atoms with E-state index >= 15 is 0 Å². The Morgan fingerprint density at radius 2 is 2.24 bits per heavy atom. The first-order valence-electron chi connectivity index (χ1n) is 8.21. The fraction of sp³-hybridized carbons (Fsp3) is 0.353. The molecule has 1 aliphatic rings. The Kier molecular flexibility index (Phi) is 4.35. The average molecular weight is 377 g/mol. The van der Waals surface area contributed by atoms with Gasteiger partial charge in [-0.05, 0) is 30.4 Å². The molecule has 25 heavy (non-hydrogen) atoms. The van der Waals surface area contributed by atoms with Gasteiger partial charge in [0, 0.05) is 19.2 Å². The summed E-state index contributed by atoms with van der Waals surface area (Å²) in [6.45, 7) is 1.14. The maximum Gasteiger partial charge on any atom is 0.305 e. The van der Waals surface area contributed by atoms with Crippen molar-refractivity contribution in [3.05, 3.63) is 50.3 Å². The van der Waals surface area contributed by atoms with Gasteiger partial charge in [-0.15, -0.1) is 0 Å². The molecule has 2 heterocycles. The molecule has 0 bridgehead atoms. The molecule has 2 aromatic heterocycles.